The van der Waals surface area contributed by atoms with E-state index in [1.807, 2.05) is 0 Å². The van der Waals surface area contributed by atoms with Gasteiger partial charge >= 0.3 is 0 Å². The van der Waals surface area contributed by atoms with Crippen molar-refractivity contribution in [1.82, 2.24) is 5.32 Å². The van der Waals surface area contributed by atoms with Crippen molar-refractivity contribution in [3.8, 4) is 0 Å². The zero-order valence-corrected chi connectivity index (χ0v) is 8.51. The molecule has 1 amide bonds. The second-order valence-corrected chi connectivity index (χ2v) is 3.25. The molecule has 1 aromatic carbocycles. The molecule has 0 bridgehead atoms. The van der Waals surface area contributed by atoms with E-state index in [1.54, 1.807) is 19.1 Å². The summed E-state index contributed by atoms with van der Waals surface area (Å²) in [7, 11) is 0. The Labute approximate surface area is 87.1 Å². The van der Waals surface area contributed by atoms with Gasteiger partial charge in [0.15, 0.2) is 0 Å². The Morgan fingerprint density at radius 1 is 1.64 bits per heavy atom. The van der Waals surface area contributed by atoms with Crippen LogP contribution in [-0.4, -0.2) is 11.8 Å². The third kappa shape index (κ3) is 3.00. The van der Waals surface area contributed by atoms with E-state index in [4.69, 9.17) is 11.6 Å². The third-order valence-corrected chi connectivity index (χ3v) is 2.09. The molecule has 14 heavy (non-hydrogen) atoms. The monoisotopic (exact) mass is 215 g/mol. The Kier molecular flexibility index (Phi) is 3.89. The standard InChI is InChI=1S/C10H11ClFNO/c1-7(13-10(14)6-11)8-3-2-4-9(12)5-8/h2-5,7H,6H2,1H3,(H,13,14)/t7-/m1/s1. The van der Waals surface area contributed by atoms with Crippen LogP contribution in [0.4, 0.5) is 4.39 Å². The normalized spacial score (nSPS) is 12.2. The first-order valence-corrected chi connectivity index (χ1v) is 4.77. The molecule has 0 heterocycles. The summed E-state index contributed by atoms with van der Waals surface area (Å²) in [5.74, 6) is -0.655. The van der Waals surface area contributed by atoms with Gasteiger partial charge in [-0.2, -0.15) is 0 Å². The van der Waals surface area contributed by atoms with Crippen LogP contribution in [-0.2, 0) is 4.79 Å². The van der Waals surface area contributed by atoms with Gasteiger partial charge in [0.2, 0.25) is 5.91 Å². The van der Waals surface area contributed by atoms with Crippen LogP contribution in [0.2, 0.25) is 0 Å². The van der Waals surface area contributed by atoms with Crippen LogP contribution in [0.1, 0.15) is 18.5 Å². The molecular weight excluding hydrogens is 205 g/mol. The van der Waals surface area contributed by atoms with Gasteiger partial charge < -0.3 is 5.32 Å². The van der Waals surface area contributed by atoms with Crippen LogP contribution in [0.15, 0.2) is 24.3 Å². The van der Waals surface area contributed by atoms with Gasteiger partial charge in [-0.25, -0.2) is 4.39 Å². The van der Waals surface area contributed by atoms with E-state index in [0.717, 1.165) is 5.56 Å². The number of carbonyl (C=O) groups is 1. The average molecular weight is 216 g/mol. The first kappa shape index (κ1) is 11.0. The summed E-state index contributed by atoms with van der Waals surface area (Å²) < 4.78 is 12.8. The fourth-order valence-electron chi connectivity index (χ4n) is 1.14. The van der Waals surface area contributed by atoms with E-state index >= 15 is 0 Å². The second kappa shape index (κ2) is 4.96. The van der Waals surface area contributed by atoms with Crippen molar-refractivity contribution in [3.63, 3.8) is 0 Å². The van der Waals surface area contributed by atoms with Gasteiger partial charge in [-0.05, 0) is 24.6 Å². The highest BCUT2D eigenvalue weighted by Gasteiger charge is 2.08. The Hall–Kier alpha value is -1.09. The molecule has 1 aromatic rings. The van der Waals surface area contributed by atoms with Gasteiger partial charge in [-0.15, -0.1) is 11.6 Å². The molecule has 0 saturated heterocycles. The SMILES string of the molecule is C[C@@H](NC(=O)CCl)c1cccc(F)c1. The fraction of sp³-hybridized carbons (Fsp3) is 0.300. The van der Waals surface area contributed by atoms with Crippen molar-refractivity contribution in [2.45, 2.75) is 13.0 Å². The number of rotatable bonds is 3. The summed E-state index contributed by atoms with van der Waals surface area (Å²) >= 11 is 5.33. The van der Waals surface area contributed by atoms with Crippen LogP contribution < -0.4 is 5.32 Å². The molecule has 1 N–H and O–H groups in total. The minimum Gasteiger partial charge on any atom is -0.349 e. The summed E-state index contributed by atoms with van der Waals surface area (Å²) in [6.07, 6.45) is 0. The highest BCUT2D eigenvalue weighted by molar-refractivity contribution is 6.27. The van der Waals surface area contributed by atoms with Crippen molar-refractivity contribution in [2.24, 2.45) is 0 Å². The Morgan fingerprint density at radius 2 is 2.36 bits per heavy atom. The highest BCUT2D eigenvalue weighted by Crippen LogP contribution is 2.13. The molecular formula is C10H11ClFNO. The van der Waals surface area contributed by atoms with Gasteiger partial charge in [0.05, 0.1) is 6.04 Å². The number of hydrogen-bond donors (Lipinski definition) is 1. The lowest BCUT2D eigenvalue weighted by Gasteiger charge is -2.13. The largest absolute Gasteiger partial charge is 0.349 e. The molecule has 0 aliphatic carbocycles. The third-order valence-electron chi connectivity index (χ3n) is 1.85. The van der Waals surface area contributed by atoms with Crippen LogP contribution >= 0.6 is 11.6 Å². The van der Waals surface area contributed by atoms with E-state index in [2.05, 4.69) is 5.32 Å². The van der Waals surface area contributed by atoms with Crippen molar-refractivity contribution < 1.29 is 9.18 Å². The predicted octanol–water partition coefficient (Wildman–Crippen LogP) is 2.24. The van der Waals surface area contributed by atoms with Crippen molar-refractivity contribution in [2.75, 3.05) is 5.88 Å². The van der Waals surface area contributed by atoms with Gasteiger partial charge in [-0.1, -0.05) is 12.1 Å². The number of alkyl halides is 1. The maximum atomic E-state index is 12.8. The van der Waals surface area contributed by atoms with Gasteiger partial charge in [-0.3, -0.25) is 4.79 Å². The number of amides is 1. The molecule has 0 fully saturated rings. The van der Waals surface area contributed by atoms with Crippen LogP contribution in [0, 0.1) is 5.82 Å². The lowest BCUT2D eigenvalue weighted by atomic mass is 10.1. The number of halogens is 2. The molecule has 1 atom stereocenters. The molecule has 1 rings (SSSR count). The van der Waals surface area contributed by atoms with E-state index in [1.165, 1.54) is 12.1 Å². The Balaban J connectivity index is 2.69. The van der Waals surface area contributed by atoms with Gasteiger partial charge in [0.1, 0.15) is 11.7 Å². The molecule has 0 aliphatic rings. The van der Waals surface area contributed by atoms with E-state index in [-0.39, 0.29) is 23.6 Å². The lowest BCUT2D eigenvalue weighted by Crippen LogP contribution is -2.27. The van der Waals surface area contributed by atoms with E-state index < -0.39 is 0 Å². The molecule has 0 unspecified atom stereocenters. The molecule has 0 aromatic heterocycles. The Morgan fingerprint density at radius 3 is 2.93 bits per heavy atom. The second-order valence-electron chi connectivity index (χ2n) is 2.98. The lowest BCUT2D eigenvalue weighted by molar-refractivity contribution is -0.119. The molecule has 4 heteroatoms. The van der Waals surface area contributed by atoms with Gasteiger partial charge in [0.25, 0.3) is 0 Å². The molecule has 2 nitrogen and oxygen atoms in total. The van der Waals surface area contributed by atoms with E-state index in [0.29, 0.717) is 0 Å². The molecule has 76 valence electrons. The first-order valence-electron chi connectivity index (χ1n) is 4.24. The van der Waals surface area contributed by atoms with Crippen molar-refractivity contribution in [3.05, 3.63) is 35.6 Å². The van der Waals surface area contributed by atoms with Crippen LogP contribution in [0.3, 0.4) is 0 Å². The molecule has 0 saturated carbocycles. The molecule has 0 aliphatic heterocycles. The topological polar surface area (TPSA) is 29.1 Å². The number of nitrogens with one attached hydrogen (secondary N) is 1. The smallest absolute Gasteiger partial charge is 0.235 e. The van der Waals surface area contributed by atoms with Crippen LogP contribution in [0.5, 0.6) is 0 Å². The fourth-order valence-corrected chi connectivity index (χ4v) is 1.22. The summed E-state index contributed by atoms with van der Waals surface area (Å²) in [6, 6.07) is 5.88. The first-order chi connectivity index (χ1) is 6.63. The maximum absolute atomic E-state index is 12.8. The molecule has 0 radical (unpaired) electrons. The van der Waals surface area contributed by atoms with Crippen molar-refractivity contribution >= 4 is 17.5 Å². The summed E-state index contributed by atoms with van der Waals surface area (Å²) in [4.78, 5) is 10.9. The van der Waals surface area contributed by atoms with Gasteiger partial charge in [0, 0.05) is 0 Å². The Bertz CT molecular complexity index is 330. The quantitative estimate of drug-likeness (QED) is 0.770. The maximum Gasteiger partial charge on any atom is 0.235 e. The minimum atomic E-state index is -0.311. The zero-order valence-electron chi connectivity index (χ0n) is 7.76. The summed E-state index contributed by atoms with van der Waals surface area (Å²) in [6.45, 7) is 1.78. The zero-order chi connectivity index (χ0) is 10.6. The van der Waals surface area contributed by atoms with Crippen LogP contribution in [0.25, 0.3) is 0 Å². The predicted molar refractivity (Wildman–Crippen MR) is 53.7 cm³/mol. The highest BCUT2D eigenvalue weighted by atomic mass is 35.5. The number of benzene rings is 1. The average Bonchev–Trinajstić information content (AvgIpc) is 2.17. The number of carbonyl (C=O) groups excluding carboxylic acids is 1. The molecule has 0 spiro atoms. The summed E-state index contributed by atoms with van der Waals surface area (Å²) in [5.41, 5.74) is 0.725. The van der Waals surface area contributed by atoms with Crippen molar-refractivity contribution in [1.29, 1.82) is 0 Å². The van der Waals surface area contributed by atoms with E-state index in [9.17, 15) is 9.18 Å². The number of hydrogen-bond acceptors (Lipinski definition) is 1. The minimum absolute atomic E-state index is 0.0837. The summed E-state index contributed by atoms with van der Waals surface area (Å²) in [5, 5.41) is 2.64.